The molecular formula is C79H68B3Br2Cl2F11N12O6. The summed E-state index contributed by atoms with van der Waals surface area (Å²) in [6.45, 7) is 16.2. The van der Waals surface area contributed by atoms with Crippen molar-refractivity contribution in [2.45, 2.75) is 104 Å². The molecule has 0 unspecified atom stereocenters. The number of hydrogen-bond acceptors (Lipinski definition) is 15. The fourth-order valence-electron chi connectivity index (χ4n) is 11.1. The molecule has 2 aliphatic rings. The topological polar surface area (TPSA) is 241 Å². The number of nitrogens with one attached hydrogen (secondary N) is 3. The summed E-state index contributed by atoms with van der Waals surface area (Å²) in [5.74, 6) is -0.967. The van der Waals surface area contributed by atoms with Gasteiger partial charge in [0.25, 0.3) is 0 Å². The molecule has 14 heterocycles. The number of pyridine rings is 9. The Morgan fingerprint density at radius 3 is 1.10 bits per heavy atom. The van der Waals surface area contributed by atoms with Crippen LogP contribution in [0.2, 0.25) is 10.3 Å². The standard InChI is InChI=1S/C24H14F4N4.C18H10ClF3N4.C12H24B2O4.C10H6BrClN2.C8H4BrF3N2.C6H6BFO2.CH4/c25-20-4-2-1-3-19(20)21-9-14(5-6-30-21)16-8-17(12-29-11-16)18-7-15-10-22(24(26,27)28)32-23(15)31-13-18;19-16-6-10(1-2-24-16)12-4-13(8-23-7-12)14-3-11-5-15(18(20,21)22)26-17(11)25-9-14;1-9(2)10(3,4)16-13(15-9)14-17-11(5,6)12(7,8)18-14;11-9-3-8(5-13-6-9)7-1-2-14-10(12)4-7;9-5-1-4-2-6(8(10,11)12)14-7(4)13-3-5;8-6-4-2-1-3-5(6)7(9)10;/h1-13H,(H,31,32);1-9H,(H,25,26);1-8H3;1-6H;1-3H,(H,13,14);1-4,9-10H;1H4. The van der Waals surface area contributed by atoms with Crippen molar-refractivity contribution in [1.29, 1.82) is 0 Å². The van der Waals surface area contributed by atoms with E-state index in [4.69, 9.17) is 51.9 Å². The van der Waals surface area contributed by atoms with Crippen molar-refractivity contribution in [2.24, 2.45) is 0 Å². The largest absolute Gasteiger partial charge is 0.491 e. The maximum atomic E-state index is 14.2. The lowest BCUT2D eigenvalue weighted by atomic mass is 9.49. The number of alkyl halides is 9. The summed E-state index contributed by atoms with van der Waals surface area (Å²) in [5.41, 5.74) is 5.42. The Kier molecular flexibility index (Phi) is 27.2. The average molecular weight is 1750 g/mol. The van der Waals surface area contributed by atoms with E-state index in [0.29, 0.717) is 58.9 Å². The Hall–Kier alpha value is -9.87. The van der Waals surface area contributed by atoms with E-state index in [1.807, 2.05) is 85.7 Å². The van der Waals surface area contributed by atoms with E-state index in [-0.39, 0.29) is 58.1 Å². The van der Waals surface area contributed by atoms with Crippen LogP contribution in [0.1, 0.15) is 79.9 Å². The Morgan fingerprint density at radius 2 is 0.722 bits per heavy atom. The molecule has 0 spiro atoms. The van der Waals surface area contributed by atoms with Crippen molar-refractivity contribution in [2.75, 3.05) is 0 Å². The van der Waals surface area contributed by atoms with Gasteiger partial charge < -0.3 is 43.6 Å². The lowest BCUT2D eigenvalue weighted by Gasteiger charge is -2.32. The van der Waals surface area contributed by atoms with Gasteiger partial charge in [-0.3, -0.25) is 19.9 Å². The van der Waals surface area contributed by atoms with Crippen molar-refractivity contribution in [3.8, 4) is 66.9 Å². The summed E-state index contributed by atoms with van der Waals surface area (Å²) in [5, 5.41) is 19.1. The number of rotatable bonds is 8. The lowest BCUT2D eigenvalue weighted by molar-refractivity contribution is -0.141. The van der Waals surface area contributed by atoms with Gasteiger partial charge >= 0.3 is 39.7 Å². The predicted octanol–water partition coefficient (Wildman–Crippen LogP) is 21.2. The molecule has 18 nitrogen and oxygen atoms in total. The van der Waals surface area contributed by atoms with Crippen LogP contribution in [0.3, 0.4) is 0 Å². The Labute approximate surface area is 679 Å². The van der Waals surface area contributed by atoms with Crippen LogP contribution < -0.4 is 5.46 Å². The summed E-state index contributed by atoms with van der Waals surface area (Å²) in [7, 11) is -2.67. The second kappa shape index (κ2) is 35.7. The van der Waals surface area contributed by atoms with Gasteiger partial charge in [0.2, 0.25) is 0 Å². The van der Waals surface area contributed by atoms with E-state index >= 15 is 0 Å². The number of benzene rings is 2. The highest BCUT2D eigenvalue weighted by Crippen LogP contribution is 2.44. The number of aromatic amines is 3. The van der Waals surface area contributed by atoms with Gasteiger partial charge in [-0.15, -0.1) is 0 Å². The fraction of sp³-hybridized carbons (Fsp3) is 0.203. The molecule has 0 radical (unpaired) electrons. The molecule has 2 aliphatic heterocycles. The second-order valence-electron chi connectivity index (χ2n) is 27.6. The molecule has 0 bridgehead atoms. The number of nitrogens with zero attached hydrogens (tertiary/aromatic N) is 9. The summed E-state index contributed by atoms with van der Waals surface area (Å²) >= 11 is 18.2. The number of fused-ring (bicyclic) bond motifs is 3. The normalized spacial score (nSPS) is 14.5. The van der Waals surface area contributed by atoms with Crippen molar-refractivity contribution in [3.05, 3.63) is 262 Å². The van der Waals surface area contributed by atoms with E-state index in [9.17, 15) is 48.3 Å². The van der Waals surface area contributed by atoms with Gasteiger partial charge in [0, 0.05) is 149 Å². The highest BCUT2D eigenvalue weighted by Gasteiger charge is 2.64. The van der Waals surface area contributed by atoms with Crippen molar-refractivity contribution >= 4 is 115 Å². The van der Waals surface area contributed by atoms with Crippen LogP contribution >= 0.6 is 55.1 Å². The fourth-order valence-corrected chi connectivity index (χ4v) is 12.2. The average Bonchev–Trinajstić information content (AvgIpc) is 1.59. The first-order valence-corrected chi connectivity index (χ1v) is 36.6. The van der Waals surface area contributed by atoms with E-state index in [0.717, 1.165) is 61.6 Å². The minimum absolute atomic E-state index is 0. The van der Waals surface area contributed by atoms with Crippen LogP contribution in [0.4, 0.5) is 48.3 Å². The highest BCUT2D eigenvalue weighted by molar-refractivity contribution is 9.10. The minimum atomic E-state index is -4.47. The number of aromatic nitrogens is 12. The summed E-state index contributed by atoms with van der Waals surface area (Å²) in [6, 6.07) is 36.4. The Bertz CT molecular complexity index is 5640. The van der Waals surface area contributed by atoms with Gasteiger partial charge in [-0.2, -0.15) is 39.5 Å². The molecule has 16 rings (SSSR count). The van der Waals surface area contributed by atoms with Gasteiger partial charge in [-0.1, -0.05) is 61.0 Å². The van der Waals surface area contributed by atoms with Crippen LogP contribution in [0.15, 0.2) is 223 Å². The molecule has 0 saturated carbocycles. The third kappa shape index (κ3) is 21.8. The Balaban J connectivity index is 0.000000152. The molecule has 0 atom stereocenters. The van der Waals surface area contributed by atoms with E-state index in [1.165, 1.54) is 48.9 Å². The van der Waals surface area contributed by atoms with Crippen molar-refractivity contribution < 1.29 is 77.0 Å². The molecule has 5 N–H and O–H groups in total. The quantitative estimate of drug-likeness (QED) is 0.0540. The predicted molar refractivity (Wildman–Crippen MR) is 430 cm³/mol. The van der Waals surface area contributed by atoms with E-state index < -0.39 is 62.6 Å². The first kappa shape index (κ1) is 87.5. The molecule has 0 amide bonds. The molecule has 594 valence electrons. The van der Waals surface area contributed by atoms with Gasteiger partial charge in [0.05, 0.1) is 28.1 Å². The van der Waals surface area contributed by atoms with E-state index in [1.54, 1.807) is 116 Å². The molecule has 0 aliphatic carbocycles. The van der Waals surface area contributed by atoms with Crippen LogP contribution in [0, 0.1) is 11.6 Å². The first-order chi connectivity index (χ1) is 53.6. The Morgan fingerprint density at radius 1 is 0.383 bits per heavy atom. The third-order valence-corrected chi connectivity index (χ3v) is 19.7. The zero-order valence-corrected chi connectivity index (χ0v) is 65.8. The molecule has 2 aromatic carbocycles. The first-order valence-electron chi connectivity index (χ1n) is 34.2. The lowest BCUT2D eigenvalue weighted by Crippen LogP contribution is -2.41. The maximum absolute atomic E-state index is 14.2. The number of hydrogen-bond donors (Lipinski definition) is 5. The summed E-state index contributed by atoms with van der Waals surface area (Å²) < 4.78 is 166. The monoisotopic (exact) mass is 1750 g/mol. The van der Waals surface area contributed by atoms with Crippen LogP contribution in [0.25, 0.3) is 100.0 Å². The van der Waals surface area contributed by atoms with Crippen LogP contribution in [-0.4, -0.2) is 113 Å². The minimum Gasteiger partial charge on any atom is -0.423 e. The van der Waals surface area contributed by atoms with Gasteiger partial charge in [-0.05, 0) is 213 Å². The zero-order valence-electron chi connectivity index (χ0n) is 61.2. The van der Waals surface area contributed by atoms with Crippen molar-refractivity contribution in [1.82, 2.24) is 59.8 Å². The van der Waals surface area contributed by atoms with Gasteiger partial charge in [-0.25, -0.2) is 33.7 Å². The molecule has 14 aromatic rings. The SMILES string of the molecule is C.CC1(C)OB(B2OC(C)(C)C(C)(C)O2)OC1(C)C.Clc1cc(-c2cncc(Br)c2)ccn1.FC(F)(F)c1cc2cc(-c3cncc(-c4ccnc(Cl)c4)c3)cnc2[nH]1.FC(F)(F)c1cc2cc(Br)cnc2[nH]1.Fc1ccccc1-c1cc(-c2cncc(-c3cnc4[nH]c(C(F)(F)F)cc4c3)c2)ccn1.OB(O)c1ccccc1F. The maximum Gasteiger partial charge on any atom is 0.491 e. The van der Waals surface area contributed by atoms with Crippen LogP contribution in [0.5, 0.6) is 0 Å². The molecule has 36 heteroatoms. The summed E-state index contributed by atoms with van der Waals surface area (Å²) in [4.78, 5) is 43.5. The van der Waals surface area contributed by atoms with Crippen LogP contribution in [-0.2, 0) is 37.1 Å². The molecule has 115 heavy (non-hydrogen) atoms. The van der Waals surface area contributed by atoms with Crippen molar-refractivity contribution in [3.63, 3.8) is 0 Å². The second-order valence-corrected chi connectivity index (χ2v) is 30.2. The zero-order chi connectivity index (χ0) is 82.5. The smallest absolute Gasteiger partial charge is 0.423 e. The molecule has 12 aromatic heterocycles. The van der Waals surface area contributed by atoms with E-state index in [2.05, 4.69) is 91.7 Å². The third-order valence-electron chi connectivity index (χ3n) is 18.5. The van der Waals surface area contributed by atoms with Gasteiger partial charge in [0.15, 0.2) is 0 Å². The molecule has 2 fully saturated rings. The molecular weight excluding hydrogens is 1690 g/mol. The summed E-state index contributed by atoms with van der Waals surface area (Å²) in [6.07, 6.45) is 6.17. The number of H-pyrrole nitrogens is 3. The van der Waals surface area contributed by atoms with Gasteiger partial charge in [0.1, 0.15) is 56.0 Å². The highest BCUT2D eigenvalue weighted by atomic mass is 79.9. The molecule has 2 saturated heterocycles. The number of halogens is 15.